The fourth-order valence-electron chi connectivity index (χ4n) is 2.51. The van der Waals surface area contributed by atoms with Crippen LogP contribution in [0.2, 0.25) is 0 Å². The first kappa shape index (κ1) is 15.8. The largest absolute Gasteiger partial charge is 0.496 e. The Bertz CT molecular complexity index is 456. The summed E-state index contributed by atoms with van der Waals surface area (Å²) < 4.78 is 12.2. The van der Waals surface area contributed by atoms with Crippen LogP contribution in [0.1, 0.15) is 38.9 Å². The number of ether oxygens (including phenoxy) is 2. The van der Waals surface area contributed by atoms with Crippen molar-refractivity contribution in [1.29, 1.82) is 0 Å². The van der Waals surface area contributed by atoms with E-state index < -0.39 is 0 Å². The van der Waals surface area contributed by atoms with Gasteiger partial charge in [-0.2, -0.15) is 0 Å². The van der Waals surface area contributed by atoms with Gasteiger partial charge in [-0.3, -0.25) is 0 Å². The molecule has 1 aliphatic rings. The zero-order valence-corrected chi connectivity index (χ0v) is 14.3. The Morgan fingerprint density at radius 3 is 2.75 bits per heavy atom. The summed E-state index contributed by atoms with van der Waals surface area (Å²) in [6.45, 7) is 8.41. The maximum Gasteiger partial charge on any atom is 0.133 e. The van der Waals surface area contributed by atoms with Crippen LogP contribution in [0, 0.1) is 5.92 Å². The second-order valence-electron chi connectivity index (χ2n) is 6.37. The van der Waals surface area contributed by atoms with Crippen molar-refractivity contribution in [2.75, 3.05) is 20.3 Å². The molecular weight excluding hydrogens is 318 g/mol. The maximum atomic E-state index is 5.94. The van der Waals surface area contributed by atoms with Gasteiger partial charge in [-0.1, -0.05) is 6.07 Å². The molecular formula is C16H24BrNO2. The minimum absolute atomic E-state index is 0.146. The quantitative estimate of drug-likeness (QED) is 0.900. The SMILES string of the molecule is COc1ccc(C2OCCC2CNC(C)(C)C)cc1Br. The maximum absolute atomic E-state index is 5.94. The molecule has 3 nitrogen and oxygen atoms in total. The zero-order chi connectivity index (χ0) is 14.8. The molecule has 0 aromatic heterocycles. The van der Waals surface area contributed by atoms with Crippen LogP contribution in [-0.4, -0.2) is 25.8 Å². The lowest BCUT2D eigenvalue weighted by atomic mass is 9.94. The highest BCUT2D eigenvalue weighted by Crippen LogP contribution is 2.37. The Morgan fingerprint density at radius 2 is 2.15 bits per heavy atom. The molecule has 4 heteroatoms. The Hall–Kier alpha value is -0.580. The monoisotopic (exact) mass is 341 g/mol. The fourth-order valence-corrected chi connectivity index (χ4v) is 3.07. The van der Waals surface area contributed by atoms with E-state index in [0.29, 0.717) is 5.92 Å². The number of methoxy groups -OCH3 is 1. The predicted octanol–water partition coefficient (Wildman–Crippen LogP) is 3.92. The fraction of sp³-hybridized carbons (Fsp3) is 0.625. The third-order valence-electron chi connectivity index (χ3n) is 3.61. The molecule has 2 unspecified atom stereocenters. The van der Waals surface area contributed by atoms with Gasteiger partial charge in [-0.05, 0) is 60.8 Å². The third kappa shape index (κ3) is 3.96. The summed E-state index contributed by atoms with van der Waals surface area (Å²) in [6, 6.07) is 6.21. The van der Waals surface area contributed by atoms with E-state index in [-0.39, 0.29) is 11.6 Å². The summed E-state index contributed by atoms with van der Waals surface area (Å²) in [6.07, 6.45) is 1.28. The zero-order valence-electron chi connectivity index (χ0n) is 12.7. The molecule has 20 heavy (non-hydrogen) atoms. The van der Waals surface area contributed by atoms with Gasteiger partial charge in [0.05, 0.1) is 17.7 Å². The molecule has 1 heterocycles. The van der Waals surface area contributed by atoms with E-state index in [1.807, 2.05) is 6.07 Å². The molecule has 1 aliphatic heterocycles. The van der Waals surface area contributed by atoms with Crippen LogP contribution in [0.15, 0.2) is 22.7 Å². The molecule has 112 valence electrons. The summed E-state index contributed by atoms with van der Waals surface area (Å²) in [5, 5.41) is 3.58. The first-order valence-electron chi connectivity index (χ1n) is 7.11. The Labute approximate surface area is 130 Å². The van der Waals surface area contributed by atoms with E-state index in [9.17, 15) is 0 Å². The van der Waals surface area contributed by atoms with E-state index in [1.165, 1.54) is 5.56 Å². The van der Waals surface area contributed by atoms with Crippen molar-refractivity contribution in [3.8, 4) is 5.75 Å². The summed E-state index contributed by atoms with van der Waals surface area (Å²) in [5.74, 6) is 1.38. The van der Waals surface area contributed by atoms with E-state index in [2.05, 4.69) is 54.2 Å². The van der Waals surface area contributed by atoms with Gasteiger partial charge in [0.15, 0.2) is 0 Å². The van der Waals surface area contributed by atoms with Crippen LogP contribution in [-0.2, 0) is 4.74 Å². The minimum Gasteiger partial charge on any atom is -0.496 e. The van der Waals surface area contributed by atoms with Crippen molar-refractivity contribution in [3.05, 3.63) is 28.2 Å². The van der Waals surface area contributed by atoms with Crippen molar-refractivity contribution in [2.45, 2.75) is 38.8 Å². The van der Waals surface area contributed by atoms with Crippen LogP contribution in [0.4, 0.5) is 0 Å². The van der Waals surface area contributed by atoms with Crippen LogP contribution >= 0.6 is 15.9 Å². The Kier molecular flexibility index (Phi) is 5.10. The average Bonchev–Trinajstić information content (AvgIpc) is 2.83. The van der Waals surface area contributed by atoms with E-state index in [1.54, 1.807) is 7.11 Å². The molecule has 1 aromatic rings. The number of rotatable bonds is 4. The van der Waals surface area contributed by atoms with E-state index >= 15 is 0 Å². The second-order valence-corrected chi connectivity index (χ2v) is 7.22. The normalized spacial score (nSPS) is 23.1. The van der Waals surface area contributed by atoms with E-state index in [4.69, 9.17) is 9.47 Å². The molecule has 0 amide bonds. The van der Waals surface area contributed by atoms with Gasteiger partial charge in [0.2, 0.25) is 0 Å². The average molecular weight is 342 g/mol. The molecule has 1 aromatic carbocycles. The van der Waals surface area contributed by atoms with Crippen molar-refractivity contribution < 1.29 is 9.47 Å². The molecule has 0 aliphatic carbocycles. The molecule has 2 rings (SSSR count). The van der Waals surface area contributed by atoms with Crippen LogP contribution in [0.3, 0.4) is 0 Å². The van der Waals surface area contributed by atoms with Gasteiger partial charge < -0.3 is 14.8 Å². The number of hydrogen-bond acceptors (Lipinski definition) is 3. The molecule has 0 saturated carbocycles. The molecule has 1 fully saturated rings. The van der Waals surface area contributed by atoms with Crippen LogP contribution in [0.5, 0.6) is 5.75 Å². The second kappa shape index (κ2) is 6.46. The van der Waals surface area contributed by atoms with Gasteiger partial charge in [-0.15, -0.1) is 0 Å². The number of benzene rings is 1. The topological polar surface area (TPSA) is 30.5 Å². The number of halogens is 1. The summed E-state index contributed by atoms with van der Waals surface area (Å²) in [7, 11) is 1.68. The van der Waals surface area contributed by atoms with Crippen molar-refractivity contribution in [2.24, 2.45) is 5.92 Å². The highest BCUT2D eigenvalue weighted by atomic mass is 79.9. The highest BCUT2D eigenvalue weighted by Gasteiger charge is 2.30. The minimum atomic E-state index is 0.146. The van der Waals surface area contributed by atoms with Crippen LogP contribution in [0.25, 0.3) is 0 Å². The third-order valence-corrected chi connectivity index (χ3v) is 4.23. The van der Waals surface area contributed by atoms with E-state index in [0.717, 1.165) is 29.8 Å². The Balaban J connectivity index is 2.08. The molecule has 0 radical (unpaired) electrons. The van der Waals surface area contributed by atoms with Crippen molar-refractivity contribution in [3.63, 3.8) is 0 Å². The predicted molar refractivity (Wildman–Crippen MR) is 85.2 cm³/mol. The van der Waals surface area contributed by atoms with Crippen LogP contribution < -0.4 is 10.1 Å². The van der Waals surface area contributed by atoms with Gasteiger partial charge in [-0.25, -0.2) is 0 Å². The lowest BCUT2D eigenvalue weighted by molar-refractivity contribution is 0.0888. The number of nitrogens with one attached hydrogen (secondary N) is 1. The molecule has 1 N–H and O–H groups in total. The first-order valence-corrected chi connectivity index (χ1v) is 7.90. The smallest absolute Gasteiger partial charge is 0.133 e. The van der Waals surface area contributed by atoms with Gasteiger partial charge in [0.1, 0.15) is 5.75 Å². The molecule has 0 bridgehead atoms. The highest BCUT2D eigenvalue weighted by molar-refractivity contribution is 9.10. The lowest BCUT2D eigenvalue weighted by Gasteiger charge is -2.26. The molecule has 2 atom stereocenters. The molecule has 1 saturated heterocycles. The first-order chi connectivity index (χ1) is 9.40. The lowest BCUT2D eigenvalue weighted by Crippen LogP contribution is -2.39. The van der Waals surface area contributed by atoms with Gasteiger partial charge >= 0.3 is 0 Å². The van der Waals surface area contributed by atoms with Gasteiger partial charge in [0, 0.05) is 24.6 Å². The summed E-state index contributed by atoms with van der Waals surface area (Å²) >= 11 is 3.55. The standard InChI is InChI=1S/C16H24BrNO2/c1-16(2,3)18-10-12-7-8-20-15(12)11-5-6-14(19-4)13(17)9-11/h5-6,9,12,15,18H,7-8,10H2,1-4H3. The van der Waals surface area contributed by atoms with Crippen molar-refractivity contribution >= 4 is 15.9 Å². The number of hydrogen-bond donors (Lipinski definition) is 1. The van der Waals surface area contributed by atoms with Crippen molar-refractivity contribution in [1.82, 2.24) is 5.32 Å². The molecule has 0 spiro atoms. The van der Waals surface area contributed by atoms with Gasteiger partial charge in [0.25, 0.3) is 0 Å². The summed E-state index contributed by atoms with van der Waals surface area (Å²) in [5.41, 5.74) is 1.36. The Morgan fingerprint density at radius 1 is 1.40 bits per heavy atom. The summed E-state index contributed by atoms with van der Waals surface area (Å²) in [4.78, 5) is 0.